The Morgan fingerprint density at radius 3 is 1.20 bits per heavy atom. The molecule has 41 heavy (non-hydrogen) atoms. The van der Waals surface area contributed by atoms with Crippen molar-refractivity contribution in [2.75, 3.05) is 36.0 Å². The molecule has 0 bridgehead atoms. The number of nitrogens with zero attached hydrogens (tertiary/aromatic N) is 12. The molecule has 0 atom stereocenters. The van der Waals surface area contributed by atoms with Crippen molar-refractivity contribution in [3.8, 4) is 0 Å². The van der Waals surface area contributed by atoms with Gasteiger partial charge in [-0.25, -0.2) is 9.13 Å². The predicted octanol–water partition coefficient (Wildman–Crippen LogP) is 5.72. The standard InChI is InChI=1S/C24H30N12.4ClH.Zn/c1-31-17-25-33(3)23(31)29-27-19-5-9-21(10-6-19)35-13-15-36(16-14-35)22-11-7-20(8-12-22)28-30-24-32(2)18-26-34(24)4;;;;;/h5-12,17-18H,13-16H2,1-4H3;4*1H;/q+2;;;;;+2/p-4. The molecular formula is C24H30Cl4N12Zn. The van der Waals surface area contributed by atoms with Crippen LogP contribution in [0.5, 0.6) is 0 Å². The Morgan fingerprint density at radius 2 is 0.927 bits per heavy atom. The number of azo groups is 2. The summed E-state index contributed by atoms with van der Waals surface area (Å²) in [6.07, 6.45) is 3.42. The molecule has 12 nitrogen and oxygen atoms in total. The first kappa shape index (κ1) is 31.2. The van der Waals surface area contributed by atoms with E-state index in [1.165, 1.54) is 11.4 Å². The van der Waals surface area contributed by atoms with E-state index in [1.54, 1.807) is 22.0 Å². The van der Waals surface area contributed by atoms with Crippen molar-refractivity contribution in [2.45, 2.75) is 0 Å². The molecule has 0 unspecified atom stereocenters. The molecular weight excluding hydrogens is 664 g/mol. The van der Waals surface area contributed by atoms with E-state index in [0.717, 1.165) is 37.6 Å². The zero-order chi connectivity index (χ0) is 29.6. The van der Waals surface area contributed by atoms with Crippen LogP contribution in [0.4, 0.5) is 34.6 Å². The molecule has 0 aliphatic carbocycles. The van der Waals surface area contributed by atoms with Gasteiger partial charge in [-0.2, -0.15) is 0 Å². The van der Waals surface area contributed by atoms with E-state index in [-0.39, 0.29) is 0 Å². The molecule has 2 aromatic carbocycles. The molecule has 0 radical (unpaired) electrons. The van der Waals surface area contributed by atoms with E-state index in [2.05, 4.69) is 64.7 Å². The number of aryl methyl sites for hydroxylation is 4. The Hall–Kier alpha value is -2.70. The Morgan fingerprint density at radius 1 is 0.610 bits per heavy atom. The fraction of sp³-hybridized carbons (Fsp3) is 0.333. The molecule has 17 heteroatoms. The van der Waals surface area contributed by atoms with E-state index >= 15 is 0 Å². The van der Waals surface area contributed by atoms with Crippen molar-refractivity contribution >= 4 is 73.4 Å². The van der Waals surface area contributed by atoms with Crippen LogP contribution in [0.3, 0.4) is 0 Å². The van der Waals surface area contributed by atoms with Crippen LogP contribution < -0.4 is 18.9 Å². The molecule has 5 rings (SSSR count). The van der Waals surface area contributed by atoms with Crippen molar-refractivity contribution in [2.24, 2.45) is 48.6 Å². The van der Waals surface area contributed by atoms with Gasteiger partial charge < -0.3 is 9.80 Å². The fourth-order valence-corrected chi connectivity index (χ4v) is 4.13. The third-order valence-corrected chi connectivity index (χ3v) is 6.23. The second-order valence-electron chi connectivity index (χ2n) is 9.34. The second-order valence-corrected chi connectivity index (χ2v) is 37.1. The number of piperazine rings is 1. The van der Waals surface area contributed by atoms with Crippen LogP contribution in [0.15, 0.2) is 81.6 Å². The molecule has 1 aliphatic rings. The monoisotopic (exact) mass is 690 g/mol. The summed E-state index contributed by atoms with van der Waals surface area (Å²) in [7, 11) is 24.3. The first-order valence-electron chi connectivity index (χ1n) is 12.8. The van der Waals surface area contributed by atoms with E-state index < -0.39 is 10.8 Å². The normalized spacial score (nSPS) is 14.1. The van der Waals surface area contributed by atoms with Crippen LogP contribution in [0.1, 0.15) is 0 Å². The van der Waals surface area contributed by atoms with Gasteiger partial charge in [0.15, 0.2) is 0 Å². The molecule has 3 heterocycles. The van der Waals surface area contributed by atoms with Crippen molar-refractivity contribution in [3.63, 3.8) is 0 Å². The second kappa shape index (κ2) is 14.0. The minimum atomic E-state index is -3.36. The van der Waals surface area contributed by atoms with Gasteiger partial charge >= 0.3 is 61.5 Å². The number of halogens is 4. The fourth-order valence-electron chi connectivity index (χ4n) is 4.13. The van der Waals surface area contributed by atoms with Crippen molar-refractivity contribution in [3.05, 3.63) is 61.2 Å². The quantitative estimate of drug-likeness (QED) is 0.147. The number of hydrogen-bond donors (Lipinski definition) is 0. The summed E-state index contributed by atoms with van der Waals surface area (Å²) in [6.45, 7) is 3.79. The SMILES string of the molecule is Cn1nc[n+](C)c1N=Nc1ccc(N2CCN(c3ccc(N=Nc4n(C)nc[n+]4C)cc3)CC2)cc1.[Cl][Zn-2]([Cl])([Cl])[Cl]. The van der Waals surface area contributed by atoms with Crippen LogP contribution in [0.2, 0.25) is 0 Å². The Bertz CT molecular complexity index is 1340. The van der Waals surface area contributed by atoms with Gasteiger partial charge in [0, 0.05) is 47.8 Å². The van der Waals surface area contributed by atoms with Crippen molar-refractivity contribution < 1.29 is 19.9 Å². The van der Waals surface area contributed by atoms with Gasteiger partial charge in [0.05, 0.1) is 39.6 Å². The van der Waals surface area contributed by atoms with Crippen LogP contribution >= 0.6 is 38.8 Å². The number of benzene rings is 2. The van der Waals surface area contributed by atoms with Gasteiger partial charge in [-0.1, -0.05) is 10.2 Å². The van der Waals surface area contributed by atoms with E-state index in [0.29, 0.717) is 11.9 Å². The topological polar surface area (TPSA) is 99.3 Å². The first-order chi connectivity index (χ1) is 19.5. The zero-order valence-electron chi connectivity index (χ0n) is 23.2. The molecule has 2 aromatic heterocycles. The van der Waals surface area contributed by atoms with Crippen LogP contribution in [0, 0.1) is 0 Å². The van der Waals surface area contributed by atoms with Gasteiger partial charge in [-0.3, -0.25) is 0 Å². The molecule has 1 fully saturated rings. The van der Waals surface area contributed by atoms with Gasteiger partial charge in [0.25, 0.3) is 0 Å². The molecule has 1 aliphatic heterocycles. The molecule has 0 amide bonds. The molecule has 216 valence electrons. The minimum absolute atomic E-state index is 0.689. The summed E-state index contributed by atoms with van der Waals surface area (Å²) in [6, 6.07) is 16.4. The Balaban J connectivity index is 0.000000714. The van der Waals surface area contributed by atoms with E-state index in [4.69, 9.17) is 38.8 Å². The van der Waals surface area contributed by atoms with Crippen LogP contribution in [-0.2, 0) is 39.0 Å². The van der Waals surface area contributed by atoms with Crippen molar-refractivity contribution in [1.82, 2.24) is 19.6 Å². The summed E-state index contributed by atoms with van der Waals surface area (Å²) in [5, 5.41) is 25.6. The molecule has 1 saturated heterocycles. The maximum atomic E-state index is 5.05. The third-order valence-electron chi connectivity index (χ3n) is 6.23. The average Bonchev–Trinajstić information content (AvgIpc) is 3.44. The van der Waals surface area contributed by atoms with Crippen molar-refractivity contribution in [1.29, 1.82) is 0 Å². The summed E-state index contributed by atoms with van der Waals surface area (Å²) < 4.78 is 7.05. The van der Waals surface area contributed by atoms with Crippen LogP contribution in [0.25, 0.3) is 0 Å². The van der Waals surface area contributed by atoms with Gasteiger partial charge in [-0.15, -0.1) is 9.36 Å². The predicted molar refractivity (Wildman–Crippen MR) is 158 cm³/mol. The Labute approximate surface area is 257 Å². The first-order valence-corrected chi connectivity index (χ1v) is 28.4. The number of aromatic nitrogens is 6. The van der Waals surface area contributed by atoms with Gasteiger partial charge in [-0.05, 0) is 58.7 Å². The van der Waals surface area contributed by atoms with Gasteiger partial charge in [0.1, 0.15) is 0 Å². The maximum absolute atomic E-state index is 5.05. The summed E-state index contributed by atoms with van der Waals surface area (Å²) >= 11 is 0. The van der Waals surface area contributed by atoms with E-state index in [9.17, 15) is 0 Å². The summed E-state index contributed by atoms with van der Waals surface area (Å²) in [4.78, 5) is 4.80. The molecule has 4 aromatic rings. The summed E-state index contributed by atoms with van der Waals surface area (Å²) in [5.74, 6) is 1.38. The average molecular weight is 694 g/mol. The molecule has 0 saturated carbocycles. The van der Waals surface area contributed by atoms with Gasteiger partial charge in [0.2, 0.25) is 12.7 Å². The zero-order valence-corrected chi connectivity index (χ0v) is 29.2. The number of rotatable bonds is 6. The van der Waals surface area contributed by atoms with Crippen LogP contribution in [-0.4, -0.2) is 45.7 Å². The molecule has 0 N–H and O–H groups in total. The number of anilines is 2. The molecule has 0 spiro atoms. The Kier molecular flexibility index (Phi) is 10.7. The number of hydrogen-bond acceptors (Lipinski definition) is 8. The summed E-state index contributed by atoms with van der Waals surface area (Å²) in [5.41, 5.74) is 4.01. The third kappa shape index (κ3) is 9.14. The van der Waals surface area contributed by atoms with E-state index in [1.807, 2.05) is 61.6 Å².